The van der Waals surface area contributed by atoms with Crippen LogP contribution in [0.3, 0.4) is 0 Å². The van der Waals surface area contributed by atoms with E-state index in [0.717, 1.165) is 96.3 Å². The van der Waals surface area contributed by atoms with E-state index >= 15 is 0 Å². The molecule has 3 N–H and O–H groups in total. The third-order valence-corrected chi connectivity index (χ3v) is 10.6. The number of carbonyl (C=O) groups is 2. The molecule has 0 bridgehead atoms. The average Bonchev–Trinajstić information content (AvgIpc) is 3.22. The number of ether oxygens (including phenoxy) is 2. The van der Waals surface area contributed by atoms with Gasteiger partial charge in [-0.2, -0.15) is 0 Å². The molecule has 2 atom stereocenters. The molecule has 0 rings (SSSR count). The number of hydrogen-bond acceptors (Lipinski definition) is 8. The molecule has 0 aliphatic heterocycles. The van der Waals surface area contributed by atoms with Crippen molar-refractivity contribution in [2.45, 2.75) is 200 Å². The molecular weight excluding hydrogens is 762 g/mol. The van der Waals surface area contributed by atoms with E-state index in [1.165, 1.54) is 64.2 Å². The summed E-state index contributed by atoms with van der Waals surface area (Å²) < 4.78 is 32.8. The number of unbranched alkanes of at least 4 members (excludes halogenated alkanes) is 18. The van der Waals surface area contributed by atoms with Crippen LogP contribution in [-0.4, -0.2) is 49.3 Å². The number of rotatable bonds is 43. The van der Waals surface area contributed by atoms with Gasteiger partial charge < -0.3 is 20.1 Å². The first-order chi connectivity index (χ1) is 28.8. The van der Waals surface area contributed by atoms with E-state index in [1.807, 2.05) is 0 Å². The number of allylic oxidation sites excluding steroid dienone is 12. The molecule has 10 heteroatoms. The zero-order valence-corrected chi connectivity index (χ0v) is 38.4. The van der Waals surface area contributed by atoms with E-state index in [1.54, 1.807) is 0 Å². The van der Waals surface area contributed by atoms with E-state index in [0.29, 0.717) is 6.42 Å². The van der Waals surface area contributed by atoms with Gasteiger partial charge in [-0.3, -0.25) is 18.6 Å². The van der Waals surface area contributed by atoms with Crippen LogP contribution in [0.1, 0.15) is 194 Å². The van der Waals surface area contributed by atoms with Crippen molar-refractivity contribution in [3.8, 4) is 0 Å². The summed E-state index contributed by atoms with van der Waals surface area (Å²) in [5, 5.41) is 0. The van der Waals surface area contributed by atoms with E-state index < -0.39 is 32.5 Å². The maximum Gasteiger partial charge on any atom is 0.472 e. The Morgan fingerprint density at radius 3 is 1.41 bits per heavy atom. The summed E-state index contributed by atoms with van der Waals surface area (Å²) in [6, 6.07) is 0. The topological polar surface area (TPSA) is 134 Å². The lowest BCUT2D eigenvalue weighted by Gasteiger charge is -2.19. The van der Waals surface area contributed by atoms with Crippen molar-refractivity contribution in [1.82, 2.24) is 0 Å². The van der Waals surface area contributed by atoms with Gasteiger partial charge in [-0.25, -0.2) is 4.57 Å². The van der Waals surface area contributed by atoms with Gasteiger partial charge in [0.25, 0.3) is 0 Å². The van der Waals surface area contributed by atoms with Crippen molar-refractivity contribution in [2.24, 2.45) is 5.73 Å². The average molecular weight is 848 g/mol. The van der Waals surface area contributed by atoms with Crippen LogP contribution in [0.5, 0.6) is 0 Å². The number of nitrogens with two attached hydrogens (primary N) is 1. The van der Waals surface area contributed by atoms with Crippen molar-refractivity contribution in [3.05, 3.63) is 72.9 Å². The molecule has 0 saturated carbocycles. The SMILES string of the molecule is CC/C=C\C/C=C\C/C=C\C/C=C\C/C=C\CCCCCCCCCC(=O)OC(COC(=O)CCCCCCC/C=C\CCCCCCCC)COP(=O)(O)OCCN. The van der Waals surface area contributed by atoms with Gasteiger partial charge in [-0.15, -0.1) is 0 Å². The minimum atomic E-state index is -4.39. The molecule has 0 spiro atoms. The number of phosphoric ester groups is 1. The molecule has 0 aliphatic rings. The highest BCUT2D eigenvalue weighted by Gasteiger charge is 2.26. The van der Waals surface area contributed by atoms with E-state index in [2.05, 4.69) is 86.8 Å². The molecular formula is C49H86NO8P. The molecule has 0 fully saturated rings. The highest BCUT2D eigenvalue weighted by atomic mass is 31.2. The summed E-state index contributed by atoms with van der Waals surface area (Å²) in [6.07, 6.45) is 55.0. The van der Waals surface area contributed by atoms with E-state index in [9.17, 15) is 19.0 Å². The highest BCUT2D eigenvalue weighted by Crippen LogP contribution is 2.43. The summed E-state index contributed by atoms with van der Waals surface area (Å²) in [7, 11) is -4.39. The summed E-state index contributed by atoms with van der Waals surface area (Å²) >= 11 is 0. The Morgan fingerprint density at radius 2 is 0.932 bits per heavy atom. The van der Waals surface area contributed by atoms with Crippen LogP contribution < -0.4 is 5.73 Å². The summed E-state index contributed by atoms with van der Waals surface area (Å²) in [5.41, 5.74) is 5.35. The monoisotopic (exact) mass is 848 g/mol. The van der Waals surface area contributed by atoms with Crippen LogP contribution in [-0.2, 0) is 32.7 Å². The minimum absolute atomic E-state index is 0.0470. The second-order valence-electron chi connectivity index (χ2n) is 15.2. The standard InChI is InChI=1S/C49H86NO8P/c1-3-5-7-9-11-13-15-17-19-20-21-22-23-24-25-26-28-30-32-34-36-38-40-42-49(52)58-47(46-57-59(53,54)56-44-43-50)45-55-48(51)41-39-37-35-33-31-29-27-18-16-14-12-10-8-6-4-2/h5,7,11,13,17-19,21-22,24-25,27,47H,3-4,6,8-10,12,14-16,20,23,26,28-46,50H2,1-2H3,(H,53,54)/b7-5-,13-11-,19-17-,22-21-,25-24-,27-18-. The maximum absolute atomic E-state index is 12.6. The minimum Gasteiger partial charge on any atom is -0.462 e. The molecule has 59 heavy (non-hydrogen) atoms. The fraction of sp³-hybridized carbons (Fsp3) is 0.714. The molecule has 0 amide bonds. The first-order valence-electron chi connectivity index (χ1n) is 23.4. The van der Waals surface area contributed by atoms with Gasteiger partial charge in [-0.05, 0) is 83.5 Å². The molecule has 0 saturated heterocycles. The van der Waals surface area contributed by atoms with Crippen LogP contribution in [0.25, 0.3) is 0 Å². The molecule has 0 aromatic rings. The summed E-state index contributed by atoms with van der Waals surface area (Å²) in [6.45, 7) is 3.59. The largest absolute Gasteiger partial charge is 0.472 e. The molecule has 340 valence electrons. The third-order valence-electron chi connectivity index (χ3n) is 9.58. The number of carbonyl (C=O) groups excluding carboxylic acids is 2. The first kappa shape index (κ1) is 56.5. The van der Waals surface area contributed by atoms with Crippen molar-refractivity contribution in [1.29, 1.82) is 0 Å². The van der Waals surface area contributed by atoms with Crippen LogP contribution in [0.4, 0.5) is 0 Å². The lowest BCUT2D eigenvalue weighted by atomic mass is 10.1. The van der Waals surface area contributed by atoms with E-state index in [-0.39, 0.29) is 32.6 Å². The van der Waals surface area contributed by atoms with Crippen molar-refractivity contribution in [2.75, 3.05) is 26.4 Å². The molecule has 0 aliphatic carbocycles. The molecule has 0 radical (unpaired) electrons. The van der Waals surface area contributed by atoms with Gasteiger partial charge in [0.15, 0.2) is 6.10 Å². The lowest BCUT2D eigenvalue weighted by Crippen LogP contribution is -2.29. The number of phosphoric acid groups is 1. The van der Waals surface area contributed by atoms with E-state index in [4.69, 9.17) is 24.3 Å². The normalized spacial score (nSPS) is 13.9. The second kappa shape index (κ2) is 45.0. The van der Waals surface area contributed by atoms with Crippen molar-refractivity contribution < 1.29 is 37.6 Å². The fourth-order valence-corrected chi connectivity index (χ4v) is 6.89. The lowest BCUT2D eigenvalue weighted by molar-refractivity contribution is -0.161. The summed E-state index contributed by atoms with van der Waals surface area (Å²) in [5.74, 6) is -0.854. The number of esters is 2. The Hall–Kier alpha value is -2.55. The first-order valence-corrected chi connectivity index (χ1v) is 24.9. The van der Waals surface area contributed by atoms with Crippen LogP contribution in [0.2, 0.25) is 0 Å². The van der Waals surface area contributed by atoms with Gasteiger partial charge in [0.2, 0.25) is 0 Å². The molecule has 9 nitrogen and oxygen atoms in total. The van der Waals surface area contributed by atoms with Crippen LogP contribution in [0.15, 0.2) is 72.9 Å². The predicted octanol–water partition coefficient (Wildman–Crippen LogP) is 13.8. The molecule has 0 aromatic heterocycles. The third kappa shape index (κ3) is 44.8. The molecule has 0 aromatic carbocycles. The molecule has 2 unspecified atom stereocenters. The van der Waals surface area contributed by atoms with Gasteiger partial charge in [-0.1, -0.05) is 170 Å². The van der Waals surface area contributed by atoms with Crippen molar-refractivity contribution in [3.63, 3.8) is 0 Å². The maximum atomic E-state index is 12.6. The van der Waals surface area contributed by atoms with Gasteiger partial charge >= 0.3 is 19.8 Å². The van der Waals surface area contributed by atoms with Crippen LogP contribution >= 0.6 is 7.82 Å². The zero-order chi connectivity index (χ0) is 43.2. The van der Waals surface area contributed by atoms with Gasteiger partial charge in [0.05, 0.1) is 13.2 Å². The van der Waals surface area contributed by atoms with Crippen LogP contribution in [0, 0.1) is 0 Å². The predicted molar refractivity (Wildman–Crippen MR) is 247 cm³/mol. The Balaban J connectivity index is 4.15. The van der Waals surface area contributed by atoms with Gasteiger partial charge in [0, 0.05) is 19.4 Å². The quantitative estimate of drug-likeness (QED) is 0.0266. The molecule has 0 heterocycles. The Morgan fingerprint density at radius 1 is 0.525 bits per heavy atom. The second-order valence-corrected chi connectivity index (χ2v) is 16.7. The Bertz CT molecular complexity index is 1190. The Kier molecular flexibility index (Phi) is 43.0. The zero-order valence-electron chi connectivity index (χ0n) is 37.5. The smallest absolute Gasteiger partial charge is 0.462 e. The van der Waals surface area contributed by atoms with Crippen molar-refractivity contribution >= 4 is 19.8 Å². The number of hydrogen-bond donors (Lipinski definition) is 2. The Labute approximate surface area is 361 Å². The fourth-order valence-electron chi connectivity index (χ4n) is 6.13. The summed E-state index contributed by atoms with van der Waals surface area (Å²) in [4.78, 5) is 34.9. The van der Waals surface area contributed by atoms with Gasteiger partial charge in [0.1, 0.15) is 6.61 Å². The highest BCUT2D eigenvalue weighted by molar-refractivity contribution is 7.47.